The van der Waals surface area contributed by atoms with Crippen molar-refractivity contribution in [2.75, 3.05) is 25.0 Å². The summed E-state index contributed by atoms with van der Waals surface area (Å²) in [5.41, 5.74) is 0.653. The number of alkyl halides is 3. The van der Waals surface area contributed by atoms with Crippen molar-refractivity contribution in [1.82, 2.24) is 19.9 Å². The minimum Gasteiger partial charge on any atom is -0.405 e. The molecule has 0 aliphatic carbocycles. The molecule has 1 aliphatic rings. The summed E-state index contributed by atoms with van der Waals surface area (Å²) in [6, 6.07) is 9.24. The summed E-state index contributed by atoms with van der Waals surface area (Å²) < 4.78 is 43.4. The maximum Gasteiger partial charge on any atom is 0.573 e. The maximum atomic E-state index is 12.7. The van der Waals surface area contributed by atoms with Crippen LogP contribution in [0, 0.1) is 5.92 Å². The van der Waals surface area contributed by atoms with Crippen molar-refractivity contribution in [3.8, 4) is 5.75 Å². The zero-order valence-electron chi connectivity index (χ0n) is 15.4. The average molecular weight is 407 g/mol. The molecule has 3 N–H and O–H groups in total. The number of nitrogens with one attached hydrogen (secondary N) is 3. The van der Waals surface area contributed by atoms with E-state index >= 15 is 0 Å². The van der Waals surface area contributed by atoms with Gasteiger partial charge in [-0.05, 0) is 43.6 Å². The Kier molecular flexibility index (Phi) is 5.18. The van der Waals surface area contributed by atoms with Gasteiger partial charge in [0.1, 0.15) is 11.6 Å². The third kappa shape index (κ3) is 4.53. The van der Waals surface area contributed by atoms with Gasteiger partial charge in [0.15, 0.2) is 5.65 Å². The van der Waals surface area contributed by atoms with Crippen LogP contribution in [0.4, 0.5) is 19.0 Å². The quantitative estimate of drug-likeness (QED) is 0.585. The molecule has 10 heteroatoms. The van der Waals surface area contributed by atoms with E-state index in [2.05, 4.69) is 25.3 Å². The monoisotopic (exact) mass is 407 g/mol. The van der Waals surface area contributed by atoms with Gasteiger partial charge >= 0.3 is 12.1 Å². The summed E-state index contributed by atoms with van der Waals surface area (Å²) in [4.78, 5) is 19.6. The zero-order valence-corrected chi connectivity index (χ0v) is 15.4. The minimum absolute atomic E-state index is 0.103. The van der Waals surface area contributed by atoms with E-state index in [9.17, 15) is 18.0 Å². The summed E-state index contributed by atoms with van der Waals surface area (Å²) in [5, 5.41) is 6.56. The largest absolute Gasteiger partial charge is 0.573 e. The number of aromatic amines is 1. The molecule has 29 heavy (non-hydrogen) atoms. The van der Waals surface area contributed by atoms with Crippen molar-refractivity contribution < 1.29 is 17.9 Å². The van der Waals surface area contributed by atoms with Crippen LogP contribution in [0.2, 0.25) is 0 Å². The van der Waals surface area contributed by atoms with E-state index in [1.807, 2.05) is 0 Å². The second-order valence-electron chi connectivity index (χ2n) is 6.98. The number of aromatic nitrogens is 3. The summed E-state index contributed by atoms with van der Waals surface area (Å²) in [7, 11) is 0. The number of anilines is 1. The number of pyridine rings is 1. The average Bonchev–Trinajstić information content (AvgIpc) is 3.28. The van der Waals surface area contributed by atoms with Crippen molar-refractivity contribution in [3.05, 3.63) is 52.4 Å². The summed E-state index contributed by atoms with van der Waals surface area (Å²) in [5.74, 6) is 0.772. The molecule has 2 aromatic heterocycles. The predicted octanol–water partition coefficient (Wildman–Crippen LogP) is 2.69. The number of H-pyrrole nitrogens is 1. The number of halogens is 3. The van der Waals surface area contributed by atoms with Crippen LogP contribution < -0.4 is 21.1 Å². The van der Waals surface area contributed by atoms with Crippen LogP contribution >= 0.6 is 0 Å². The highest BCUT2D eigenvalue weighted by molar-refractivity contribution is 5.73. The second-order valence-corrected chi connectivity index (χ2v) is 6.98. The number of rotatable bonds is 6. The SMILES string of the molecule is O=c1[nH]c2ccc(NC[C@@H]3CCNC3)nc2n1Cc1ccccc1OC(F)(F)F. The number of imidazole rings is 1. The third-order valence-electron chi connectivity index (χ3n) is 4.88. The molecule has 0 spiro atoms. The van der Waals surface area contributed by atoms with Crippen LogP contribution in [0.5, 0.6) is 5.75 Å². The molecule has 0 radical (unpaired) electrons. The lowest BCUT2D eigenvalue weighted by molar-refractivity contribution is -0.274. The van der Waals surface area contributed by atoms with E-state index < -0.39 is 12.1 Å². The van der Waals surface area contributed by atoms with Crippen molar-refractivity contribution in [1.29, 1.82) is 0 Å². The van der Waals surface area contributed by atoms with Gasteiger partial charge in [0, 0.05) is 12.1 Å². The first kappa shape index (κ1) is 19.3. The molecule has 0 unspecified atom stereocenters. The highest BCUT2D eigenvalue weighted by Crippen LogP contribution is 2.27. The Balaban J connectivity index is 1.61. The van der Waals surface area contributed by atoms with Crippen molar-refractivity contribution >= 4 is 17.0 Å². The van der Waals surface area contributed by atoms with Gasteiger partial charge in [0.25, 0.3) is 0 Å². The van der Waals surface area contributed by atoms with Gasteiger partial charge in [-0.15, -0.1) is 13.2 Å². The van der Waals surface area contributed by atoms with Gasteiger partial charge in [0.2, 0.25) is 0 Å². The van der Waals surface area contributed by atoms with E-state index in [4.69, 9.17) is 0 Å². The van der Waals surface area contributed by atoms with Crippen LogP contribution in [-0.4, -0.2) is 40.5 Å². The molecule has 1 aliphatic heterocycles. The minimum atomic E-state index is -4.81. The molecule has 3 heterocycles. The first-order valence-corrected chi connectivity index (χ1v) is 9.27. The molecule has 1 saturated heterocycles. The van der Waals surface area contributed by atoms with Crippen molar-refractivity contribution in [3.63, 3.8) is 0 Å². The first-order chi connectivity index (χ1) is 13.9. The van der Waals surface area contributed by atoms with Crippen LogP contribution in [0.25, 0.3) is 11.2 Å². The standard InChI is InChI=1S/C19H20F3N5O2/c20-19(21,22)29-15-4-2-1-3-13(15)11-27-17-14(25-18(27)28)5-6-16(26-17)24-10-12-7-8-23-9-12/h1-6,12,23H,7-11H2,(H,24,26)(H,25,28)/t12-/m1/s1. The second kappa shape index (κ2) is 7.78. The molecule has 4 rings (SSSR count). The lowest BCUT2D eigenvalue weighted by atomic mass is 10.1. The number of hydrogen-bond acceptors (Lipinski definition) is 5. The zero-order chi connectivity index (χ0) is 20.4. The fraction of sp³-hybridized carbons (Fsp3) is 0.368. The molecule has 1 fully saturated rings. The van der Waals surface area contributed by atoms with Gasteiger partial charge < -0.3 is 20.4 Å². The van der Waals surface area contributed by atoms with Gasteiger partial charge in [-0.1, -0.05) is 18.2 Å². The van der Waals surface area contributed by atoms with E-state index in [1.54, 1.807) is 18.2 Å². The van der Waals surface area contributed by atoms with Gasteiger partial charge in [-0.2, -0.15) is 0 Å². The summed E-state index contributed by atoms with van der Waals surface area (Å²) in [6.45, 7) is 2.59. The van der Waals surface area contributed by atoms with Crippen LogP contribution in [0.3, 0.4) is 0 Å². The smallest absolute Gasteiger partial charge is 0.405 e. The summed E-state index contributed by atoms with van der Waals surface area (Å²) in [6.07, 6.45) is -3.73. The summed E-state index contributed by atoms with van der Waals surface area (Å²) >= 11 is 0. The van der Waals surface area contributed by atoms with Gasteiger partial charge in [-0.25, -0.2) is 9.78 Å². The normalized spacial score (nSPS) is 17.0. The molecule has 7 nitrogen and oxygen atoms in total. The Labute approximate surface area is 163 Å². The Morgan fingerprint density at radius 3 is 2.83 bits per heavy atom. The maximum absolute atomic E-state index is 12.7. The molecule has 1 aromatic carbocycles. The fourth-order valence-corrected chi connectivity index (χ4v) is 3.44. The van der Waals surface area contributed by atoms with Crippen LogP contribution in [-0.2, 0) is 6.54 Å². The lowest BCUT2D eigenvalue weighted by Gasteiger charge is -2.14. The Bertz CT molecular complexity index is 1050. The number of hydrogen-bond donors (Lipinski definition) is 3. The van der Waals surface area contributed by atoms with Crippen molar-refractivity contribution in [2.45, 2.75) is 19.3 Å². The third-order valence-corrected chi connectivity index (χ3v) is 4.88. The molecule has 0 bridgehead atoms. The molecule has 3 aromatic rings. The van der Waals surface area contributed by atoms with E-state index in [1.165, 1.54) is 22.8 Å². The molecule has 0 saturated carbocycles. The first-order valence-electron chi connectivity index (χ1n) is 9.27. The van der Waals surface area contributed by atoms with Gasteiger partial charge in [-0.3, -0.25) is 4.57 Å². The highest BCUT2D eigenvalue weighted by atomic mass is 19.4. The van der Waals surface area contributed by atoms with Crippen molar-refractivity contribution in [2.24, 2.45) is 5.92 Å². The van der Waals surface area contributed by atoms with E-state index in [-0.39, 0.29) is 17.9 Å². The highest BCUT2D eigenvalue weighted by Gasteiger charge is 2.32. The molecule has 154 valence electrons. The number of benzene rings is 1. The molecular formula is C19H20F3N5O2. The van der Waals surface area contributed by atoms with Gasteiger partial charge in [0.05, 0.1) is 12.1 Å². The Hall–Kier alpha value is -3.01. The number of nitrogens with zero attached hydrogens (tertiary/aromatic N) is 2. The number of ether oxygens (including phenoxy) is 1. The lowest BCUT2D eigenvalue weighted by Crippen LogP contribution is -2.21. The molecule has 1 atom stereocenters. The Morgan fingerprint density at radius 1 is 1.24 bits per heavy atom. The molecule has 0 amide bonds. The molecular weight excluding hydrogens is 387 g/mol. The predicted molar refractivity (Wildman–Crippen MR) is 102 cm³/mol. The van der Waals surface area contributed by atoms with E-state index in [0.29, 0.717) is 22.9 Å². The number of fused-ring (bicyclic) bond motifs is 1. The number of para-hydroxylation sites is 1. The van der Waals surface area contributed by atoms with Crippen LogP contribution in [0.15, 0.2) is 41.2 Å². The fourth-order valence-electron chi connectivity index (χ4n) is 3.44. The van der Waals surface area contributed by atoms with Crippen LogP contribution in [0.1, 0.15) is 12.0 Å². The van der Waals surface area contributed by atoms with E-state index in [0.717, 1.165) is 26.1 Å². The Morgan fingerprint density at radius 2 is 2.07 bits per heavy atom. The topological polar surface area (TPSA) is 84.0 Å².